The van der Waals surface area contributed by atoms with Crippen molar-refractivity contribution in [3.63, 3.8) is 0 Å². The molecule has 0 aliphatic rings. The van der Waals surface area contributed by atoms with Gasteiger partial charge in [0.05, 0.1) is 0 Å². The summed E-state index contributed by atoms with van der Waals surface area (Å²) in [6.45, 7) is 7.76. The Labute approximate surface area is 122 Å². The van der Waals surface area contributed by atoms with Gasteiger partial charge in [-0.1, -0.05) is 20.3 Å². The van der Waals surface area contributed by atoms with Gasteiger partial charge in [-0.2, -0.15) is 0 Å². The molecule has 2 atom stereocenters. The normalized spacial score (nSPS) is 13.9. The third-order valence-corrected chi connectivity index (χ3v) is 3.46. The van der Waals surface area contributed by atoms with Crippen molar-refractivity contribution in [2.45, 2.75) is 39.7 Å². The van der Waals surface area contributed by atoms with Crippen LogP contribution in [-0.2, 0) is 4.79 Å². The Bertz CT molecular complexity index is 308. The summed E-state index contributed by atoms with van der Waals surface area (Å²) in [6, 6.07) is -1.12. The third kappa shape index (κ3) is 6.75. The minimum Gasteiger partial charge on any atom is -0.480 e. The van der Waals surface area contributed by atoms with Gasteiger partial charge in [0, 0.05) is 13.1 Å². The van der Waals surface area contributed by atoms with Crippen LogP contribution in [0.3, 0.4) is 0 Å². The highest BCUT2D eigenvalue weighted by atomic mass is 16.4. The number of carbonyl (C=O) groups excluding carboxylic acids is 1. The van der Waals surface area contributed by atoms with Crippen molar-refractivity contribution in [2.24, 2.45) is 5.92 Å². The number of hydrogen-bond donors (Lipinski definition) is 2. The Hall–Kier alpha value is -1.30. The molecular weight excluding hydrogens is 258 g/mol. The number of rotatable bonds is 9. The third-order valence-electron chi connectivity index (χ3n) is 3.46. The maximum absolute atomic E-state index is 12.1. The first-order chi connectivity index (χ1) is 9.33. The van der Waals surface area contributed by atoms with E-state index in [1.54, 1.807) is 4.90 Å². The van der Waals surface area contributed by atoms with Crippen LogP contribution in [-0.4, -0.2) is 66.7 Å². The lowest BCUT2D eigenvalue weighted by Crippen LogP contribution is -2.50. The summed E-state index contributed by atoms with van der Waals surface area (Å²) < 4.78 is 0. The van der Waals surface area contributed by atoms with Crippen LogP contribution < -0.4 is 5.32 Å². The fourth-order valence-electron chi connectivity index (χ4n) is 1.89. The topological polar surface area (TPSA) is 72.9 Å². The van der Waals surface area contributed by atoms with Crippen LogP contribution in [0.25, 0.3) is 0 Å². The summed E-state index contributed by atoms with van der Waals surface area (Å²) in [4.78, 5) is 27.0. The number of nitrogens with one attached hydrogen (secondary N) is 1. The van der Waals surface area contributed by atoms with Gasteiger partial charge in [0.2, 0.25) is 0 Å². The molecule has 2 amide bonds. The largest absolute Gasteiger partial charge is 0.480 e. The Morgan fingerprint density at radius 2 is 1.80 bits per heavy atom. The van der Waals surface area contributed by atoms with E-state index < -0.39 is 12.0 Å². The van der Waals surface area contributed by atoms with Crippen LogP contribution in [0.15, 0.2) is 0 Å². The lowest BCUT2D eigenvalue weighted by Gasteiger charge is -2.26. The number of carboxylic acid groups (broad SMARTS) is 1. The average molecular weight is 287 g/mol. The molecule has 0 aromatic heterocycles. The fraction of sp³-hybridized carbons (Fsp3) is 0.857. The first kappa shape index (κ1) is 18.7. The number of nitrogens with zero attached hydrogens (tertiary/aromatic N) is 2. The van der Waals surface area contributed by atoms with Crippen molar-refractivity contribution < 1.29 is 14.7 Å². The van der Waals surface area contributed by atoms with Gasteiger partial charge in [-0.05, 0) is 39.9 Å². The van der Waals surface area contributed by atoms with Gasteiger partial charge in [0.25, 0.3) is 0 Å². The van der Waals surface area contributed by atoms with E-state index >= 15 is 0 Å². The molecule has 0 aliphatic heterocycles. The molecule has 0 radical (unpaired) electrons. The summed E-state index contributed by atoms with van der Waals surface area (Å²) in [5, 5.41) is 11.8. The number of amides is 2. The van der Waals surface area contributed by atoms with E-state index in [1.165, 1.54) is 0 Å². The zero-order chi connectivity index (χ0) is 15.7. The van der Waals surface area contributed by atoms with Gasteiger partial charge < -0.3 is 20.2 Å². The van der Waals surface area contributed by atoms with Gasteiger partial charge in [-0.3, -0.25) is 0 Å². The first-order valence-electron chi connectivity index (χ1n) is 7.26. The van der Waals surface area contributed by atoms with Gasteiger partial charge >= 0.3 is 12.0 Å². The number of aliphatic carboxylic acids is 1. The molecule has 0 fully saturated rings. The molecule has 0 saturated heterocycles. The van der Waals surface area contributed by atoms with Crippen LogP contribution >= 0.6 is 0 Å². The van der Waals surface area contributed by atoms with E-state index in [-0.39, 0.29) is 11.9 Å². The molecule has 0 bridgehead atoms. The molecule has 0 heterocycles. The zero-order valence-corrected chi connectivity index (χ0v) is 13.3. The molecule has 20 heavy (non-hydrogen) atoms. The quantitative estimate of drug-likeness (QED) is 0.673. The molecule has 6 nitrogen and oxygen atoms in total. The highest BCUT2D eigenvalue weighted by Crippen LogP contribution is 2.08. The smallest absolute Gasteiger partial charge is 0.326 e. The predicted octanol–water partition coefficient (Wildman–Crippen LogP) is 1.47. The van der Waals surface area contributed by atoms with Crippen molar-refractivity contribution in [1.29, 1.82) is 0 Å². The molecule has 0 spiro atoms. The highest BCUT2D eigenvalue weighted by molar-refractivity contribution is 5.82. The molecule has 6 heteroatoms. The van der Waals surface area contributed by atoms with E-state index in [2.05, 4.69) is 10.2 Å². The Morgan fingerprint density at radius 1 is 1.20 bits per heavy atom. The average Bonchev–Trinajstić information content (AvgIpc) is 2.39. The van der Waals surface area contributed by atoms with Gasteiger partial charge in [-0.25, -0.2) is 9.59 Å². The first-order valence-corrected chi connectivity index (χ1v) is 7.26. The summed E-state index contributed by atoms with van der Waals surface area (Å²) in [7, 11) is 3.97. The molecule has 0 aromatic rings. The summed E-state index contributed by atoms with van der Waals surface area (Å²) in [5.74, 6) is -1.06. The van der Waals surface area contributed by atoms with Crippen molar-refractivity contribution >= 4 is 12.0 Å². The number of carbonyl (C=O) groups is 2. The second-order valence-corrected chi connectivity index (χ2v) is 5.39. The minimum absolute atomic E-state index is 0.0862. The van der Waals surface area contributed by atoms with Crippen LogP contribution in [0, 0.1) is 5.92 Å². The molecule has 2 N–H and O–H groups in total. The Kier molecular flexibility index (Phi) is 8.96. The second kappa shape index (κ2) is 9.58. The van der Waals surface area contributed by atoms with Gasteiger partial charge in [0.15, 0.2) is 0 Å². The molecule has 0 rings (SSSR count). The maximum atomic E-state index is 12.1. The number of hydrogen-bond acceptors (Lipinski definition) is 3. The summed E-state index contributed by atoms with van der Waals surface area (Å²) in [5.41, 5.74) is 0. The second-order valence-electron chi connectivity index (χ2n) is 5.39. The number of carboxylic acids is 1. The lowest BCUT2D eigenvalue weighted by atomic mass is 9.99. The molecule has 118 valence electrons. The Morgan fingerprint density at radius 3 is 2.20 bits per heavy atom. The van der Waals surface area contributed by atoms with Crippen molar-refractivity contribution in [2.75, 3.05) is 33.7 Å². The van der Waals surface area contributed by atoms with Crippen molar-refractivity contribution in [1.82, 2.24) is 15.1 Å². The summed E-state index contributed by atoms with van der Waals surface area (Å²) in [6.07, 6.45) is 1.58. The predicted molar refractivity (Wildman–Crippen MR) is 79.8 cm³/mol. The Balaban J connectivity index is 4.47. The standard InChI is InChI=1S/C14H29N3O3/c1-6-11(3)12(13(18)19)15-14(20)17(7-2)10-8-9-16(4)5/h11-12H,6-10H2,1-5H3,(H,15,20)(H,18,19). The van der Waals surface area contributed by atoms with Crippen LogP contribution in [0.4, 0.5) is 4.79 Å². The van der Waals surface area contributed by atoms with E-state index in [4.69, 9.17) is 0 Å². The van der Waals surface area contributed by atoms with Crippen LogP contribution in [0.2, 0.25) is 0 Å². The molecule has 2 unspecified atom stereocenters. The maximum Gasteiger partial charge on any atom is 0.326 e. The van der Waals surface area contributed by atoms with E-state index in [0.29, 0.717) is 19.5 Å². The monoisotopic (exact) mass is 287 g/mol. The van der Waals surface area contributed by atoms with E-state index in [1.807, 2.05) is 34.9 Å². The SMILES string of the molecule is CCC(C)C(NC(=O)N(CC)CCCN(C)C)C(=O)O. The fourth-order valence-corrected chi connectivity index (χ4v) is 1.89. The lowest BCUT2D eigenvalue weighted by molar-refractivity contribution is -0.140. The zero-order valence-electron chi connectivity index (χ0n) is 13.3. The highest BCUT2D eigenvalue weighted by Gasteiger charge is 2.26. The van der Waals surface area contributed by atoms with Gasteiger partial charge in [0.1, 0.15) is 6.04 Å². The van der Waals surface area contributed by atoms with E-state index in [9.17, 15) is 14.7 Å². The van der Waals surface area contributed by atoms with Crippen molar-refractivity contribution in [3.8, 4) is 0 Å². The molecule has 0 aliphatic carbocycles. The van der Waals surface area contributed by atoms with Crippen LogP contribution in [0.1, 0.15) is 33.6 Å². The van der Waals surface area contributed by atoms with Crippen molar-refractivity contribution in [3.05, 3.63) is 0 Å². The van der Waals surface area contributed by atoms with Gasteiger partial charge in [-0.15, -0.1) is 0 Å². The van der Waals surface area contributed by atoms with Crippen LogP contribution in [0.5, 0.6) is 0 Å². The molecule has 0 saturated carbocycles. The minimum atomic E-state index is -0.975. The molecular formula is C14H29N3O3. The number of urea groups is 1. The molecule has 0 aromatic carbocycles. The summed E-state index contributed by atoms with van der Waals surface area (Å²) >= 11 is 0. The van der Waals surface area contributed by atoms with E-state index in [0.717, 1.165) is 13.0 Å².